The summed E-state index contributed by atoms with van der Waals surface area (Å²) in [6, 6.07) is 10.5. The number of thiazole rings is 1. The predicted molar refractivity (Wildman–Crippen MR) is 80.7 cm³/mol. The molecule has 0 bridgehead atoms. The van der Waals surface area contributed by atoms with E-state index in [1.807, 2.05) is 6.07 Å². The van der Waals surface area contributed by atoms with E-state index in [-0.39, 0.29) is 11.4 Å². The minimum atomic E-state index is -0.468. The Labute approximate surface area is 124 Å². The maximum absolute atomic E-state index is 11.3. The highest BCUT2D eigenvalue weighted by molar-refractivity contribution is 7.16. The minimum absolute atomic E-state index is 0.119. The van der Waals surface area contributed by atoms with Gasteiger partial charge >= 0.3 is 5.69 Å². The van der Waals surface area contributed by atoms with Crippen LogP contribution in [0, 0.1) is 10.1 Å². The van der Waals surface area contributed by atoms with Gasteiger partial charge in [0, 0.05) is 6.54 Å². The van der Waals surface area contributed by atoms with E-state index in [1.54, 1.807) is 35.8 Å². The Morgan fingerprint density at radius 1 is 1.33 bits per heavy atom. The lowest BCUT2D eigenvalue weighted by molar-refractivity contribution is -0.384. The smallest absolute Gasteiger partial charge is 0.338 e. The number of hydrogen-bond acceptors (Lipinski definition) is 6. The van der Waals surface area contributed by atoms with Gasteiger partial charge in [0.2, 0.25) is 5.75 Å². The molecule has 0 fully saturated rings. The molecule has 1 aromatic heterocycles. The molecule has 106 valence electrons. The van der Waals surface area contributed by atoms with Crippen molar-refractivity contribution in [2.45, 2.75) is 6.54 Å². The quantitative estimate of drug-likeness (QED) is 0.588. The van der Waals surface area contributed by atoms with Crippen molar-refractivity contribution in [3.8, 4) is 11.5 Å². The van der Waals surface area contributed by atoms with Crippen molar-refractivity contribution in [1.29, 1.82) is 0 Å². The second-order valence-corrected chi connectivity index (χ2v) is 5.21. The molecule has 0 radical (unpaired) electrons. The molecular formula is C14H11N3O3S. The summed E-state index contributed by atoms with van der Waals surface area (Å²) in [5.74, 6) is 0.684. The molecule has 7 heteroatoms. The molecule has 0 aliphatic heterocycles. The molecule has 0 saturated heterocycles. The van der Waals surface area contributed by atoms with E-state index in [9.17, 15) is 10.1 Å². The van der Waals surface area contributed by atoms with E-state index < -0.39 is 4.92 Å². The highest BCUT2D eigenvalue weighted by Crippen LogP contribution is 2.38. The third-order valence-electron chi connectivity index (χ3n) is 2.98. The van der Waals surface area contributed by atoms with Gasteiger partial charge in [0.05, 0.1) is 15.1 Å². The van der Waals surface area contributed by atoms with Crippen LogP contribution in [0.15, 0.2) is 41.9 Å². The number of nitro benzene ring substituents is 1. The fraction of sp³-hybridized carbons (Fsp3) is 0.0714. The first kappa shape index (κ1) is 13.5. The highest BCUT2D eigenvalue weighted by Gasteiger charge is 2.22. The average Bonchev–Trinajstić information content (AvgIpc) is 2.95. The Bertz CT molecular complexity index is 816. The van der Waals surface area contributed by atoms with Crippen LogP contribution in [-0.4, -0.2) is 9.91 Å². The van der Waals surface area contributed by atoms with E-state index in [1.165, 1.54) is 11.3 Å². The highest BCUT2D eigenvalue weighted by atomic mass is 32.1. The van der Waals surface area contributed by atoms with Crippen molar-refractivity contribution in [3.63, 3.8) is 0 Å². The van der Waals surface area contributed by atoms with Gasteiger partial charge < -0.3 is 10.5 Å². The van der Waals surface area contributed by atoms with Crippen molar-refractivity contribution >= 4 is 27.2 Å². The molecule has 1 heterocycles. The first-order chi connectivity index (χ1) is 10.2. The first-order valence-electron chi connectivity index (χ1n) is 6.16. The number of benzene rings is 2. The lowest BCUT2D eigenvalue weighted by Gasteiger charge is -2.07. The molecule has 0 spiro atoms. The van der Waals surface area contributed by atoms with Gasteiger partial charge in [0.15, 0.2) is 5.52 Å². The van der Waals surface area contributed by atoms with E-state index in [2.05, 4.69) is 4.98 Å². The van der Waals surface area contributed by atoms with E-state index in [0.29, 0.717) is 17.8 Å². The Morgan fingerprint density at radius 3 is 2.95 bits per heavy atom. The predicted octanol–water partition coefficient (Wildman–Crippen LogP) is 3.46. The van der Waals surface area contributed by atoms with Crippen molar-refractivity contribution in [3.05, 3.63) is 57.6 Å². The SMILES string of the molecule is NCc1cccc(Oc2ccc3scnc3c2[N+](=O)[O-])c1. The molecule has 0 saturated carbocycles. The molecular weight excluding hydrogens is 290 g/mol. The summed E-state index contributed by atoms with van der Waals surface area (Å²) in [6.45, 7) is 0.379. The molecule has 3 aromatic rings. The number of nitro groups is 1. The second kappa shape index (κ2) is 5.47. The number of rotatable bonds is 4. The topological polar surface area (TPSA) is 91.3 Å². The molecule has 0 aliphatic rings. The van der Waals surface area contributed by atoms with Crippen molar-refractivity contribution in [2.24, 2.45) is 5.73 Å². The Balaban J connectivity index is 2.07. The van der Waals surface area contributed by atoms with Crippen LogP contribution >= 0.6 is 11.3 Å². The summed E-state index contributed by atoms with van der Waals surface area (Å²) >= 11 is 1.35. The summed E-state index contributed by atoms with van der Waals surface area (Å²) in [5.41, 5.74) is 8.28. The first-order valence-corrected chi connectivity index (χ1v) is 7.04. The fourth-order valence-corrected chi connectivity index (χ4v) is 2.70. The molecule has 0 atom stereocenters. The average molecular weight is 301 g/mol. The molecule has 3 rings (SSSR count). The monoisotopic (exact) mass is 301 g/mol. The Morgan fingerprint density at radius 2 is 2.19 bits per heavy atom. The van der Waals surface area contributed by atoms with Gasteiger partial charge in [-0.05, 0) is 29.8 Å². The number of aromatic nitrogens is 1. The summed E-state index contributed by atoms with van der Waals surface area (Å²) in [7, 11) is 0. The Hall–Kier alpha value is -2.51. The van der Waals surface area contributed by atoms with Gasteiger partial charge in [-0.25, -0.2) is 4.98 Å². The number of fused-ring (bicyclic) bond motifs is 1. The maximum Gasteiger partial charge on any atom is 0.338 e. The second-order valence-electron chi connectivity index (χ2n) is 4.32. The summed E-state index contributed by atoms with van der Waals surface area (Å²) < 4.78 is 6.41. The van der Waals surface area contributed by atoms with Crippen LogP contribution in [0.3, 0.4) is 0 Å². The number of ether oxygens (including phenoxy) is 1. The van der Waals surface area contributed by atoms with Crippen molar-refractivity contribution < 1.29 is 9.66 Å². The fourth-order valence-electron chi connectivity index (χ4n) is 2.02. The lowest BCUT2D eigenvalue weighted by atomic mass is 10.2. The number of nitrogens with zero attached hydrogens (tertiary/aromatic N) is 2. The van der Waals surface area contributed by atoms with Gasteiger partial charge in [-0.15, -0.1) is 11.3 Å². The van der Waals surface area contributed by atoms with Crippen LogP contribution in [0.1, 0.15) is 5.56 Å². The van der Waals surface area contributed by atoms with Crippen LogP contribution in [0.25, 0.3) is 10.2 Å². The van der Waals surface area contributed by atoms with Crippen LogP contribution < -0.4 is 10.5 Å². The molecule has 0 aliphatic carbocycles. The lowest BCUT2D eigenvalue weighted by Crippen LogP contribution is -1.97. The largest absolute Gasteiger partial charge is 0.450 e. The number of hydrogen-bond donors (Lipinski definition) is 1. The van der Waals surface area contributed by atoms with E-state index >= 15 is 0 Å². The third kappa shape index (κ3) is 2.56. The maximum atomic E-state index is 11.3. The van der Waals surface area contributed by atoms with Gasteiger partial charge in [-0.3, -0.25) is 10.1 Å². The third-order valence-corrected chi connectivity index (χ3v) is 3.78. The normalized spacial score (nSPS) is 10.7. The molecule has 2 aromatic carbocycles. The van der Waals surface area contributed by atoms with Gasteiger partial charge in [-0.1, -0.05) is 12.1 Å². The molecule has 21 heavy (non-hydrogen) atoms. The minimum Gasteiger partial charge on any atom is -0.450 e. The van der Waals surface area contributed by atoms with Crippen LogP contribution in [0.2, 0.25) is 0 Å². The van der Waals surface area contributed by atoms with Gasteiger partial charge in [0.1, 0.15) is 5.75 Å². The molecule has 6 nitrogen and oxygen atoms in total. The van der Waals surface area contributed by atoms with Crippen LogP contribution in [0.5, 0.6) is 11.5 Å². The Kier molecular flexibility index (Phi) is 3.51. The molecule has 0 amide bonds. The van der Waals surface area contributed by atoms with Crippen molar-refractivity contribution in [1.82, 2.24) is 4.98 Å². The molecule has 0 unspecified atom stereocenters. The standard InChI is InChI=1S/C14H11N3O3S/c15-7-9-2-1-3-10(6-9)20-11-4-5-12-13(16-8-21-12)14(11)17(18)19/h1-6,8H,7,15H2. The summed E-state index contributed by atoms with van der Waals surface area (Å²) in [4.78, 5) is 14.9. The van der Waals surface area contributed by atoms with E-state index in [4.69, 9.17) is 10.5 Å². The zero-order chi connectivity index (χ0) is 14.8. The zero-order valence-electron chi connectivity index (χ0n) is 10.9. The van der Waals surface area contributed by atoms with E-state index in [0.717, 1.165) is 10.3 Å². The van der Waals surface area contributed by atoms with Crippen LogP contribution in [0.4, 0.5) is 5.69 Å². The van der Waals surface area contributed by atoms with Crippen LogP contribution in [-0.2, 0) is 6.54 Å². The summed E-state index contributed by atoms with van der Waals surface area (Å²) in [5, 5.41) is 11.3. The van der Waals surface area contributed by atoms with Crippen molar-refractivity contribution in [2.75, 3.05) is 0 Å². The number of nitrogens with two attached hydrogens (primary N) is 1. The summed E-state index contributed by atoms with van der Waals surface area (Å²) in [6.07, 6.45) is 0. The van der Waals surface area contributed by atoms with Gasteiger partial charge in [0.25, 0.3) is 0 Å². The molecule has 2 N–H and O–H groups in total. The van der Waals surface area contributed by atoms with Gasteiger partial charge in [-0.2, -0.15) is 0 Å². The zero-order valence-corrected chi connectivity index (χ0v) is 11.7.